The van der Waals surface area contributed by atoms with E-state index in [9.17, 15) is 0 Å². The number of halogens is 1. The van der Waals surface area contributed by atoms with Crippen LogP contribution in [0.2, 0.25) is 0 Å². The first-order valence-corrected chi connectivity index (χ1v) is 8.56. The lowest BCUT2D eigenvalue weighted by Gasteiger charge is -2.34. The molecule has 3 heterocycles. The lowest BCUT2D eigenvalue weighted by atomic mass is 10.0. The molecule has 6 heteroatoms. The standard InChI is InChI=1S/C17H19BrN2O3/c18-15-9-20(12-21-10-13-4-2-1-3-5-13)16-14(15)8-19-11-17(16)22-6-7-23-17/h1-5,9,19H,6-8,10-12H2. The second-order valence-electron chi connectivity index (χ2n) is 5.79. The van der Waals surface area contributed by atoms with Crippen LogP contribution in [0.4, 0.5) is 0 Å². The summed E-state index contributed by atoms with van der Waals surface area (Å²) >= 11 is 3.64. The van der Waals surface area contributed by atoms with Gasteiger partial charge in [-0.2, -0.15) is 0 Å². The molecule has 5 nitrogen and oxygen atoms in total. The van der Waals surface area contributed by atoms with E-state index in [1.807, 2.05) is 18.2 Å². The third-order valence-corrected chi connectivity index (χ3v) is 4.93. The quantitative estimate of drug-likeness (QED) is 0.888. The van der Waals surface area contributed by atoms with Crippen LogP contribution in [0, 0.1) is 0 Å². The molecular weight excluding hydrogens is 360 g/mol. The summed E-state index contributed by atoms with van der Waals surface area (Å²) < 4.78 is 20.9. The zero-order chi connectivity index (χ0) is 15.7. The molecule has 1 fully saturated rings. The molecular formula is C17H19BrN2O3. The minimum Gasteiger partial charge on any atom is -0.356 e. The fourth-order valence-electron chi connectivity index (χ4n) is 3.25. The van der Waals surface area contributed by atoms with E-state index in [1.165, 1.54) is 5.56 Å². The maximum atomic E-state index is 5.94. The summed E-state index contributed by atoms with van der Waals surface area (Å²) in [6.07, 6.45) is 2.05. The normalized spacial score (nSPS) is 19.2. The Balaban J connectivity index is 1.55. The van der Waals surface area contributed by atoms with Crippen molar-refractivity contribution in [3.8, 4) is 0 Å². The average molecular weight is 379 g/mol. The van der Waals surface area contributed by atoms with Gasteiger partial charge in [-0.15, -0.1) is 0 Å². The molecule has 0 unspecified atom stereocenters. The van der Waals surface area contributed by atoms with Crippen LogP contribution in [0.25, 0.3) is 0 Å². The SMILES string of the molecule is Brc1cn(COCc2ccccc2)c2c1CNCC21OCCO1. The summed E-state index contributed by atoms with van der Waals surface area (Å²) in [6.45, 7) is 3.75. The highest BCUT2D eigenvalue weighted by atomic mass is 79.9. The van der Waals surface area contributed by atoms with Gasteiger partial charge in [0, 0.05) is 22.8 Å². The largest absolute Gasteiger partial charge is 0.356 e. The number of ether oxygens (including phenoxy) is 3. The first-order valence-electron chi connectivity index (χ1n) is 7.77. The fourth-order valence-corrected chi connectivity index (χ4v) is 3.82. The Labute approximate surface area is 143 Å². The number of fused-ring (bicyclic) bond motifs is 2. The Morgan fingerprint density at radius 2 is 2.00 bits per heavy atom. The van der Waals surface area contributed by atoms with Crippen molar-refractivity contribution in [1.29, 1.82) is 0 Å². The maximum Gasteiger partial charge on any atom is 0.223 e. The van der Waals surface area contributed by atoms with E-state index in [2.05, 4.69) is 44.1 Å². The predicted molar refractivity (Wildman–Crippen MR) is 88.7 cm³/mol. The molecule has 2 aliphatic rings. The summed E-state index contributed by atoms with van der Waals surface area (Å²) in [7, 11) is 0. The van der Waals surface area contributed by atoms with Crippen LogP contribution < -0.4 is 5.32 Å². The summed E-state index contributed by atoms with van der Waals surface area (Å²) in [5, 5.41) is 3.38. The molecule has 2 aliphatic heterocycles. The molecule has 1 N–H and O–H groups in total. The van der Waals surface area contributed by atoms with Gasteiger partial charge in [0.15, 0.2) is 0 Å². The number of aromatic nitrogens is 1. The van der Waals surface area contributed by atoms with Crippen molar-refractivity contribution >= 4 is 15.9 Å². The molecule has 1 spiro atoms. The summed E-state index contributed by atoms with van der Waals surface area (Å²) in [4.78, 5) is 0. The average Bonchev–Trinajstić information content (AvgIpc) is 3.16. The predicted octanol–water partition coefficient (Wildman–Crippen LogP) is 2.73. The van der Waals surface area contributed by atoms with E-state index in [4.69, 9.17) is 14.2 Å². The van der Waals surface area contributed by atoms with Gasteiger partial charge in [0.1, 0.15) is 6.73 Å². The molecule has 1 saturated heterocycles. The van der Waals surface area contributed by atoms with Crippen molar-refractivity contribution in [2.75, 3.05) is 19.8 Å². The Kier molecular flexibility index (Phi) is 4.26. The molecule has 1 aromatic heterocycles. The van der Waals surface area contributed by atoms with Crippen LogP contribution in [0.15, 0.2) is 41.0 Å². The van der Waals surface area contributed by atoms with Gasteiger partial charge < -0.3 is 24.1 Å². The van der Waals surface area contributed by atoms with Crippen LogP contribution in [-0.2, 0) is 39.9 Å². The van der Waals surface area contributed by atoms with Crippen LogP contribution in [0.3, 0.4) is 0 Å². The molecule has 0 aliphatic carbocycles. The summed E-state index contributed by atoms with van der Waals surface area (Å²) in [5.41, 5.74) is 3.41. The molecule has 0 atom stereocenters. The maximum absolute atomic E-state index is 5.94. The molecule has 0 bridgehead atoms. The Morgan fingerprint density at radius 3 is 2.78 bits per heavy atom. The number of nitrogens with one attached hydrogen (secondary N) is 1. The van der Waals surface area contributed by atoms with Gasteiger partial charge in [-0.25, -0.2) is 0 Å². The monoisotopic (exact) mass is 378 g/mol. The minimum absolute atomic E-state index is 0.470. The van der Waals surface area contributed by atoms with Crippen molar-refractivity contribution in [2.24, 2.45) is 0 Å². The lowest BCUT2D eigenvalue weighted by Crippen LogP contribution is -2.45. The van der Waals surface area contributed by atoms with Crippen molar-refractivity contribution < 1.29 is 14.2 Å². The van der Waals surface area contributed by atoms with Crippen LogP contribution in [0.1, 0.15) is 16.8 Å². The van der Waals surface area contributed by atoms with E-state index in [-0.39, 0.29) is 0 Å². The van der Waals surface area contributed by atoms with E-state index < -0.39 is 5.79 Å². The van der Waals surface area contributed by atoms with E-state index in [0.717, 1.165) is 22.3 Å². The van der Waals surface area contributed by atoms with Crippen molar-refractivity contribution in [2.45, 2.75) is 25.7 Å². The van der Waals surface area contributed by atoms with Crippen molar-refractivity contribution in [1.82, 2.24) is 9.88 Å². The highest BCUT2D eigenvalue weighted by molar-refractivity contribution is 9.10. The Bertz CT molecular complexity index is 681. The van der Waals surface area contributed by atoms with Gasteiger partial charge in [-0.1, -0.05) is 30.3 Å². The zero-order valence-electron chi connectivity index (χ0n) is 12.8. The topological polar surface area (TPSA) is 44.7 Å². The van der Waals surface area contributed by atoms with Crippen molar-refractivity contribution in [3.05, 3.63) is 57.8 Å². The van der Waals surface area contributed by atoms with Gasteiger partial charge in [0.2, 0.25) is 5.79 Å². The first-order chi connectivity index (χ1) is 11.3. The molecule has 0 saturated carbocycles. The van der Waals surface area contributed by atoms with Gasteiger partial charge in [-0.3, -0.25) is 0 Å². The van der Waals surface area contributed by atoms with Crippen LogP contribution in [0.5, 0.6) is 0 Å². The van der Waals surface area contributed by atoms with E-state index in [0.29, 0.717) is 33.1 Å². The molecule has 1 aromatic carbocycles. The smallest absolute Gasteiger partial charge is 0.223 e. The van der Waals surface area contributed by atoms with Crippen LogP contribution in [-0.4, -0.2) is 24.3 Å². The highest BCUT2D eigenvalue weighted by Crippen LogP contribution is 2.39. The number of hydrogen-bond donors (Lipinski definition) is 1. The fraction of sp³-hybridized carbons (Fsp3) is 0.412. The lowest BCUT2D eigenvalue weighted by molar-refractivity contribution is -0.173. The molecule has 0 amide bonds. The molecule has 4 rings (SSSR count). The van der Waals surface area contributed by atoms with Gasteiger partial charge >= 0.3 is 0 Å². The Hall–Kier alpha value is -1.18. The number of rotatable bonds is 4. The minimum atomic E-state index is -0.685. The molecule has 2 aromatic rings. The third-order valence-electron chi connectivity index (χ3n) is 4.25. The number of hydrogen-bond acceptors (Lipinski definition) is 4. The van der Waals surface area contributed by atoms with Gasteiger partial charge in [0.05, 0.1) is 32.1 Å². The third kappa shape index (κ3) is 2.86. The van der Waals surface area contributed by atoms with Crippen molar-refractivity contribution in [3.63, 3.8) is 0 Å². The molecule has 122 valence electrons. The highest BCUT2D eigenvalue weighted by Gasteiger charge is 2.45. The van der Waals surface area contributed by atoms with Gasteiger partial charge in [0.25, 0.3) is 0 Å². The van der Waals surface area contributed by atoms with Gasteiger partial charge in [-0.05, 0) is 21.5 Å². The summed E-state index contributed by atoms with van der Waals surface area (Å²) in [6, 6.07) is 10.2. The first kappa shape index (κ1) is 15.4. The molecule has 0 radical (unpaired) electrons. The number of nitrogens with zero attached hydrogens (tertiary/aromatic N) is 1. The second kappa shape index (κ2) is 6.37. The van der Waals surface area contributed by atoms with Crippen LogP contribution >= 0.6 is 15.9 Å². The molecule has 23 heavy (non-hydrogen) atoms. The summed E-state index contributed by atoms with van der Waals surface area (Å²) in [5.74, 6) is -0.685. The van der Waals surface area contributed by atoms with E-state index in [1.54, 1.807) is 0 Å². The Morgan fingerprint density at radius 1 is 1.22 bits per heavy atom. The number of benzene rings is 1. The second-order valence-corrected chi connectivity index (χ2v) is 6.64. The van der Waals surface area contributed by atoms with E-state index >= 15 is 0 Å². The zero-order valence-corrected chi connectivity index (χ0v) is 14.3.